The van der Waals surface area contributed by atoms with Crippen LogP contribution in [0.25, 0.3) is 0 Å². The first kappa shape index (κ1) is 19.3. The Balaban J connectivity index is 1.47. The molecule has 1 atom stereocenters. The molecule has 4 rings (SSSR count). The molecule has 28 heavy (non-hydrogen) atoms. The van der Waals surface area contributed by atoms with E-state index in [0.29, 0.717) is 12.2 Å². The molecule has 8 heteroatoms. The van der Waals surface area contributed by atoms with Gasteiger partial charge in [-0.15, -0.1) is 11.3 Å². The standard InChI is InChI=1S/C20H23F2N3O2S/c21-17-8-16(27-11-14-12-28-13-23-14)9-18(22)19(17)20(26)25-7-3-4-15(25)10-24-5-1-2-6-24/h8-9,12-13,15H,1-7,10-11H2/t15-/m0/s1. The summed E-state index contributed by atoms with van der Waals surface area (Å²) < 4.78 is 34.7. The summed E-state index contributed by atoms with van der Waals surface area (Å²) in [5, 5.41) is 1.80. The Morgan fingerprint density at radius 3 is 2.61 bits per heavy atom. The average Bonchev–Trinajstić information content (AvgIpc) is 3.43. The van der Waals surface area contributed by atoms with Crippen molar-refractivity contribution in [3.8, 4) is 5.75 Å². The number of likely N-dealkylation sites (tertiary alicyclic amines) is 2. The van der Waals surface area contributed by atoms with Crippen molar-refractivity contribution >= 4 is 17.2 Å². The number of aromatic nitrogens is 1. The third kappa shape index (κ3) is 4.17. The Morgan fingerprint density at radius 2 is 1.93 bits per heavy atom. The average molecular weight is 407 g/mol. The summed E-state index contributed by atoms with van der Waals surface area (Å²) in [6.45, 7) is 3.51. The van der Waals surface area contributed by atoms with Gasteiger partial charge >= 0.3 is 0 Å². The second-order valence-electron chi connectivity index (χ2n) is 7.33. The maximum atomic E-state index is 14.6. The highest BCUT2D eigenvalue weighted by Gasteiger charge is 2.34. The number of benzene rings is 1. The lowest BCUT2D eigenvalue weighted by atomic mass is 10.1. The minimum atomic E-state index is -0.884. The number of amides is 1. The van der Waals surface area contributed by atoms with E-state index in [4.69, 9.17) is 4.74 Å². The van der Waals surface area contributed by atoms with Crippen LogP contribution in [0.2, 0.25) is 0 Å². The van der Waals surface area contributed by atoms with E-state index >= 15 is 0 Å². The van der Waals surface area contributed by atoms with Gasteiger partial charge in [0.05, 0.1) is 11.2 Å². The van der Waals surface area contributed by atoms with E-state index in [2.05, 4.69) is 9.88 Å². The SMILES string of the molecule is O=C(c1c(F)cc(OCc2cscn2)cc1F)N1CCC[C@H]1CN1CCCC1. The van der Waals surface area contributed by atoms with Crippen LogP contribution in [0.5, 0.6) is 5.75 Å². The summed E-state index contributed by atoms with van der Waals surface area (Å²) in [7, 11) is 0. The monoisotopic (exact) mass is 407 g/mol. The zero-order chi connectivity index (χ0) is 19.5. The molecule has 0 unspecified atom stereocenters. The third-order valence-corrected chi connectivity index (χ3v) is 6.04. The highest BCUT2D eigenvalue weighted by molar-refractivity contribution is 7.07. The Labute approximate surface area is 166 Å². The fourth-order valence-corrected chi connectivity index (χ4v) is 4.55. The van der Waals surface area contributed by atoms with Crippen LogP contribution in [0, 0.1) is 11.6 Å². The number of halogens is 2. The summed E-state index contributed by atoms with van der Waals surface area (Å²) in [5.41, 5.74) is 1.86. The Bertz CT molecular complexity index is 802. The van der Waals surface area contributed by atoms with Gasteiger partial charge in [0.2, 0.25) is 0 Å². The first-order valence-electron chi connectivity index (χ1n) is 9.64. The van der Waals surface area contributed by atoms with Crippen LogP contribution in [-0.4, -0.2) is 52.9 Å². The van der Waals surface area contributed by atoms with Gasteiger partial charge in [0, 0.05) is 36.6 Å². The van der Waals surface area contributed by atoms with Crippen LogP contribution in [0.1, 0.15) is 41.7 Å². The molecule has 3 heterocycles. The molecule has 2 aromatic rings. The van der Waals surface area contributed by atoms with Crippen molar-refractivity contribution in [2.24, 2.45) is 0 Å². The molecule has 2 aliphatic heterocycles. The van der Waals surface area contributed by atoms with Crippen molar-refractivity contribution in [2.75, 3.05) is 26.2 Å². The molecule has 0 saturated carbocycles. The van der Waals surface area contributed by atoms with E-state index in [-0.39, 0.29) is 18.4 Å². The van der Waals surface area contributed by atoms with Crippen molar-refractivity contribution in [2.45, 2.75) is 38.3 Å². The van der Waals surface area contributed by atoms with Gasteiger partial charge in [-0.1, -0.05) is 0 Å². The molecule has 1 amide bonds. The maximum Gasteiger partial charge on any atom is 0.260 e. The topological polar surface area (TPSA) is 45.7 Å². The molecule has 0 bridgehead atoms. The lowest BCUT2D eigenvalue weighted by molar-refractivity contribution is 0.0698. The molecule has 0 aliphatic carbocycles. The van der Waals surface area contributed by atoms with Gasteiger partial charge in [0.25, 0.3) is 5.91 Å². The first-order valence-corrected chi connectivity index (χ1v) is 10.6. The predicted molar refractivity (Wildman–Crippen MR) is 103 cm³/mol. The van der Waals surface area contributed by atoms with E-state index in [9.17, 15) is 13.6 Å². The Kier molecular flexibility index (Phi) is 5.87. The van der Waals surface area contributed by atoms with Crippen LogP contribution in [0.4, 0.5) is 8.78 Å². The smallest absolute Gasteiger partial charge is 0.260 e. The van der Waals surface area contributed by atoms with Crippen LogP contribution in [-0.2, 0) is 6.61 Å². The largest absolute Gasteiger partial charge is 0.487 e. The van der Waals surface area contributed by atoms with Gasteiger partial charge in [-0.25, -0.2) is 13.8 Å². The minimum Gasteiger partial charge on any atom is -0.487 e. The molecular formula is C20H23F2N3O2S. The molecule has 0 spiro atoms. The second kappa shape index (κ2) is 8.53. The summed E-state index contributed by atoms with van der Waals surface area (Å²) in [5.74, 6) is -2.28. The number of nitrogens with zero attached hydrogens (tertiary/aromatic N) is 3. The van der Waals surface area contributed by atoms with Gasteiger partial charge < -0.3 is 14.5 Å². The van der Waals surface area contributed by atoms with Crippen LogP contribution < -0.4 is 4.74 Å². The first-order chi connectivity index (χ1) is 13.6. The highest BCUT2D eigenvalue weighted by atomic mass is 32.1. The van der Waals surface area contributed by atoms with Crippen LogP contribution in [0.15, 0.2) is 23.0 Å². The number of hydrogen-bond acceptors (Lipinski definition) is 5. The molecule has 1 aromatic heterocycles. The van der Waals surface area contributed by atoms with Crippen LogP contribution >= 0.6 is 11.3 Å². The molecule has 5 nitrogen and oxygen atoms in total. The second-order valence-corrected chi connectivity index (χ2v) is 8.05. The normalized spacial score (nSPS) is 20.1. The van der Waals surface area contributed by atoms with Crippen LogP contribution in [0.3, 0.4) is 0 Å². The van der Waals surface area contributed by atoms with E-state index in [1.165, 1.54) is 24.2 Å². The summed E-state index contributed by atoms with van der Waals surface area (Å²) in [6.07, 6.45) is 4.08. The summed E-state index contributed by atoms with van der Waals surface area (Å²) in [4.78, 5) is 20.9. The maximum absolute atomic E-state index is 14.6. The van der Waals surface area contributed by atoms with Gasteiger partial charge in [0.1, 0.15) is 29.6 Å². The molecule has 0 radical (unpaired) electrons. The molecule has 2 saturated heterocycles. The Morgan fingerprint density at radius 1 is 1.18 bits per heavy atom. The fourth-order valence-electron chi connectivity index (χ4n) is 4.00. The van der Waals surface area contributed by atoms with E-state index in [1.807, 2.05) is 0 Å². The number of hydrogen-bond donors (Lipinski definition) is 0. The summed E-state index contributed by atoms with van der Waals surface area (Å²) >= 11 is 1.42. The zero-order valence-electron chi connectivity index (χ0n) is 15.6. The van der Waals surface area contributed by atoms with E-state index in [1.54, 1.807) is 15.8 Å². The number of carbonyl (C=O) groups is 1. The number of ether oxygens (including phenoxy) is 1. The Hall–Kier alpha value is -2.06. The molecule has 2 aliphatic rings. The molecular weight excluding hydrogens is 384 g/mol. The van der Waals surface area contributed by atoms with Crippen molar-refractivity contribution in [1.29, 1.82) is 0 Å². The van der Waals surface area contributed by atoms with Crippen molar-refractivity contribution < 1.29 is 18.3 Å². The lowest BCUT2D eigenvalue weighted by Crippen LogP contribution is -2.43. The minimum absolute atomic E-state index is 0.0185. The van der Waals surface area contributed by atoms with E-state index < -0.39 is 23.1 Å². The van der Waals surface area contributed by atoms with Crippen molar-refractivity contribution in [3.63, 3.8) is 0 Å². The highest BCUT2D eigenvalue weighted by Crippen LogP contribution is 2.27. The predicted octanol–water partition coefficient (Wildman–Crippen LogP) is 3.70. The zero-order valence-corrected chi connectivity index (χ0v) is 16.4. The molecule has 0 N–H and O–H groups in total. The van der Waals surface area contributed by atoms with E-state index in [0.717, 1.165) is 44.6 Å². The quantitative estimate of drug-likeness (QED) is 0.733. The van der Waals surface area contributed by atoms with Crippen molar-refractivity contribution in [3.05, 3.63) is 45.9 Å². The lowest BCUT2D eigenvalue weighted by Gasteiger charge is -2.28. The van der Waals surface area contributed by atoms with Gasteiger partial charge in [0.15, 0.2) is 0 Å². The molecule has 1 aromatic carbocycles. The van der Waals surface area contributed by atoms with Gasteiger partial charge in [-0.3, -0.25) is 4.79 Å². The molecule has 150 valence electrons. The van der Waals surface area contributed by atoms with Crippen molar-refractivity contribution in [1.82, 2.24) is 14.8 Å². The van der Waals surface area contributed by atoms with Gasteiger partial charge in [-0.05, 0) is 38.8 Å². The summed E-state index contributed by atoms with van der Waals surface area (Å²) in [6, 6.07) is 2.17. The number of carbonyl (C=O) groups excluding carboxylic acids is 1. The van der Waals surface area contributed by atoms with Gasteiger partial charge in [-0.2, -0.15) is 0 Å². The number of rotatable bonds is 6. The fraction of sp³-hybridized carbons (Fsp3) is 0.500. The molecule has 2 fully saturated rings. The number of thiazole rings is 1. The third-order valence-electron chi connectivity index (χ3n) is 5.41.